The van der Waals surface area contributed by atoms with E-state index in [2.05, 4.69) is 11.9 Å². The molecule has 1 unspecified atom stereocenters. The van der Waals surface area contributed by atoms with Crippen LogP contribution in [0.5, 0.6) is 0 Å². The van der Waals surface area contributed by atoms with Gasteiger partial charge in [0.05, 0.1) is 13.2 Å². The van der Waals surface area contributed by atoms with E-state index in [-0.39, 0.29) is 17.6 Å². The minimum absolute atomic E-state index is 0.109. The van der Waals surface area contributed by atoms with Crippen LogP contribution in [0.1, 0.15) is 51.9 Å². The Morgan fingerprint density at radius 2 is 1.95 bits per heavy atom. The average molecular weight is 271 g/mol. The number of hydrogen-bond acceptors (Lipinski definition) is 3. The fraction of sp³-hybridized carbons (Fsp3) is 0.857. The predicted octanol–water partition coefficient (Wildman–Crippen LogP) is 2.64. The van der Waals surface area contributed by atoms with E-state index in [1.54, 1.807) is 0 Å². The van der Waals surface area contributed by atoms with Crippen molar-refractivity contribution in [3.63, 3.8) is 0 Å². The Morgan fingerprint density at radius 3 is 2.58 bits per heavy atom. The number of rotatable bonds is 9. The monoisotopic (exact) mass is 271 g/mol. The minimum Gasteiger partial charge on any atom is -0.435 e. The predicted molar refractivity (Wildman–Crippen MR) is 75.4 cm³/mol. The number of unbranched alkanes of at least 4 members (excludes halogenated alkanes) is 5. The SMILES string of the molecule is CCCCCCCCC1=NCC[N+]1(CCO)C(=O)O. The molecule has 1 aliphatic rings. The van der Waals surface area contributed by atoms with Gasteiger partial charge >= 0.3 is 6.09 Å². The number of hydrogen-bond donors (Lipinski definition) is 2. The molecule has 0 bridgehead atoms. The Morgan fingerprint density at radius 1 is 1.26 bits per heavy atom. The Balaban J connectivity index is 2.40. The van der Waals surface area contributed by atoms with Crippen LogP contribution in [0.15, 0.2) is 4.99 Å². The van der Waals surface area contributed by atoms with Gasteiger partial charge in [0, 0.05) is 6.42 Å². The largest absolute Gasteiger partial charge is 0.519 e. The third-order valence-corrected chi connectivity index (χ3v) is 3.87. The fourth-order valence-electron chi connectivity index (χ4n) is 2.68. The summed E-state index contributed by atoms with van der Waals surface area (Å²) in [6, 6.07) is 0. The molecule has 0 aromatic carbocycles. The van der Waals surface area contributed by atoms with E-state index in [1.807, 2.05) is 0 Å². The van der Waals surface area contributed by atoms with Crippen LogP contribution in [-0.4, -0.2) is 52.9 Å². The second-order valence-corrected chi connectivity index (χ2v) is 5.24. The summed E-state index contributed by atoms with van der Waals surface area (Å²) in [7, 11) is 0. The van der Waals surface area contributed by atoms with Gasteiger partial charge in [-0.25, -0.2) is 4.99 Å². The second-order valence-electron chi connectivity index (χ2n) is 5.24. The third-order valence-electron chi connectivity index (χ3n) is 3.87. The molecule has 0 aliphatic carbocycles. The first-order chi connectivity index (χ1) is 9.17. The van der Waals surface area contributed by atoms with Gasteiger partial charge in [-0.05, 0) is 6.42 Å². The van der Waals surface area contributed by atoms with Gasteiger partial charge in [-0.15, -0.1) is 0 Å². The molecule has 1 rings (SSSR count). The van der Waals surface area contributed by atoms with Gasteiger partial charge in [-0.3, -0.25) is 0 Å². The van der Waals surface area contributed by atoms with E-state index in [4.69, 9.17) is 5.11 Å². The highest BCUT2D eigenvalue weighted by molar-refractivity contribution is 5.85. The zero-order chi connectivity index (χ0) is 14.1. The van der Waals surface area contributed by atoms with Gasteiger partial charge < -0.3 is 10.2 Å². The van der Waals surface area contributed by atoms with Crippen molar-refractivity contribution in [2.45, 2.75) is 51.9 Å². The van der Waals surface area contributed by atoms with Gasteiger partial charge in [-0.1, -0.05) is 39.0 Å². The van der Waals surface area contributed by atoms with Crippen molar-refractivity contribution in [3.8, 4) is 0 Å². The zero-order valence-electron chi connectivity index (χ0n) is 12.0. The molecule has 1 amide bonds. The van der Waals surface area contributed by atoms with E-state index >= 15 is 0 Å². The smallest absolute Gasteiger partial charge is 0.435 e. The summed E-state index contributed by atoms with van der Waals surface area (Å²) in [5.74, 6) is 0.747. The normalized spacial score (nSPS) is 22.5. The number of aliphatic hydroxyl groups excluding tert-OH is 1. The van der Waals surface area contributed by atoms with Crippen LogP contribution < -0.4 is 0 Å². The fourth-order valence-corrected chi connectivity index (χ4v) is 2.68. The molecular formula is C14H27N2O3+. The van der Waals surface area contributed by atoms with Gasteiger partial charge in [0.25, 0.3) is 0 Å². The van der Waals surface area contributed by atoms with E-state index in [9.17, 15) is 9.90 Å². The molecular weight excluding hydrogens is 244 g/mol. The molecule has 0 spiro atoms. The van der Waals surface area contributed by atoms with Crippen molar-refractivity contribution in [2.75, 3.05) is 26.2 Å². The number of quaternary nitrogens is 1. The molecule has 0 fully saturated rings. The highest BCUT2D eigenvalue weighted by Gasteiger charge is 2.44. The van der Waals surface area contributed by atoms with Crippen LogP contribution in [0.4, 0.5) is 4.79 Å². The van der Waals surface area contributed by atoms with Crippen molar-refractivity contribution in [3.05, 3.63) is 0 Å². The Bertz CT molecular complexity index is 318. The number of aliphatic imine (C=N–C) groups is 1. The molecule has 110 valence electrons. The average Bonchev–Trinajstić information content (AvgIpc) is 2.78. The van der Waals surface area contributed by atoms with E-state index in [0.29, 0.717) is 13.1 Å². The highest BCUT2D eigenvalue weighted by Crippen LogP contribution is 2.20. The van der Waals surface area contributed by atoms with E-state index < -0.39 is 6.09 Å². The number of amides is 1. The number of carbonyl (C=O) groups is 1. The summed E-state index contributed by atoms with van der Waals surface area (Å²) >= 11 is 0. The van der Waals surface area contributed by atoms with E-state index in [0.717, 1.165) is 25.1 Å². The van der Waals surface area contributed by atoms with Crippen LogP contribution in [0, 0.1) is 0 Å². The highest BCUT2D eigenvalue weighted by atomic mass is 16.4. The lowest BCUT2D eigenvalue weighted by molar-refractivity contribution is -0.761. The van der Waals surface area contributed by atoms with Crippen molar-refractivity contribution in [1.82, 2.24) is 0 Å². The van der Waals surface area contributed by atoms with Crippen LogP contribution in [0.3, 0.4) is 0 Å². The van der Waals surface area contributed by atoms with E-state index in [1.165, 1.54) is 25.7 Å². The lowest BCUT2D eigenvalue weighted by Crippen LogP contribution is -2.56. The van der Waals surface area contributed by atoms with Gasteiger partial charge in [-0.2, -0.15) is 9.28 Å². The summed E-state index contributed by atoms with van der Waals surface area (Å²) in [5, 5.41) is 18.5. The maximum absolute atomic E-state index is 11.5. The van der Waals surface area contributed by atoms with Crippen molar-refractivity contribution >= 4 is 11.9 Å². The second kappa shape index (κ2) is 8.27. The van der Waals surface area contributed by atoms with Crippen molar-refractivity contribution in [2.24, 2.45) is 4.99 Å². The number of carboxylic acid groups (broad SMARTS) is 1. The first-order valence-corrected chi connectivity index (χ1v) is 7.42. The molecule has 0 aromatic heterocycles. The lowest BCUT2D eigenvalue weighted by atomic mass is 10.1. The Labute approximate surface area is 115 Å². The van der Waals surface area contributed by atoms with Crippen molar-refractivity contribution < 1.29 is 19.5 Å². The van der Waals surface area contributed by atoms with Crippen LogP contribution in [0.2, 0.25) is 0 Å². The van der Waals surface area contributed by atoms with Crippen molar-refractivity contribution in [1.29, 1.82) is 0 Å². The molecule has 1 atom stereocenters. The summed E-state index contributed by atoms with van der Waals surface area (Å²) < 4.78 is -0.147. The maximum atomic E-state index is 11.5. The molecule has 5 nitrogen and oxygen atoms in total. The molecule has 0 radical (unpaired) electrons. The number of amidine groups is 1. The summed E-state index contributed by atoms with van der Waals surface area (Å²) in [6.07, 6.45) is 7.00. The molecule has 19 heavy (non-hydrogen) atoms. The molecule has 1 aliphatic heterocycles. The molecule has 0 saturated heterocycles. The standard InChI is InChI=1S/C14H26N2O3/c1-2-3-4-5-6-7-8-13-15-9-10-16(13,11-12-17)14(18)19/h17H,2-12H2,1H3/p+1. The Hall–Kier alpha value is -0.940. The Kier molecular flexibility index (Phi) is 7.02. The topological polar surface area (TPSA) is 69.9 Å². The van der Waals surface area contributed by atoms with Gasteiger partial charge in [0.1, 0.15) is 13.1 Å². The maximum Gasteiger partial charge on any atom is 0.519 e. The zero-order valence-corrected chi connectivity index (χ0v) is 12.0. The lowest BCUT2D eigenvalue weighted by Gasteiger charge is -2.27. The van der Waals surface area contributed by atoms with Gasteiger partial charge in [0.2, 0.25) is 5.84 Å². The molecule has 2 N–H and O–H groups in total. The van der Waals surface area contributed by atoms with Crippen LogP contribution >= 0.6 is 0 Å². The van der Waals surface area contributed by atoms with Gasteiger partial charge in [0.15, 0.2) is 0 Å². The molecule has 0 saturated carbocycles. The molecule has 1 heterocycles. The van der Waals surface area contributed by atoms with Crippen LogP contribution in [-0.2, 0) is 0 Å². The number of aliphatic hydroxyl groups is 1. The first-order valence-electron chi connectivity index (χ1n) is 7.42. The molecule has 5 heteroatoms. The first kappa shape index (κ1) is 16.1. The minimum atomic E-state index is -0.878. The number of nitrogens with zero attached hydrogens (tertiary/aromatic N) is 2. The summed E-state index contributed by atoms with van der Waals surface area (Å²) in [6.45, 7) is 3.38. The quantitative estimate of drug-likeness (QED) is 0.500. The summed E-state index contributed by atoms with van der Waals surface area (Å²) in [5.41, 5.74) is 0. The summed E-state index contributed by atoms with van der Waals surface area (Å²) in [4.78, 5) is 15.8. The third kappa shape index (κ3) is 4.28. The molecule has 0 aromatic rings. The van der Waals surface area contributed by atoms with Crippen LogP contribution in [0.25, 0.3) is 0 Å².